The van der Waals surface area contributed by atoms with Crippen molar-refractivity contribution in [3.8, 4) is 22.9 Å². The molecule has 170 valence electrons. The molecule has 1 aliphatic carbocycles. The summed E-state index contributed by atoms with van der Waals surface area (Å²) < 4.78 is 6.72. The fourth-order valence-corrected chi connectivity index (χ4v) is 4.85. The standard InChI is InChI=1S/C28H26N4O2/c1-32-26(33)24-15-22(21-9-4-6-19(14-21)17-29)11-12-25(24)34-28(18-31-27(32)30)13-5-10-20-7-2-3-8-23(20)16-28/h2-4,6-9,11-12,14-15H,5,10,13,16,18H2,1H3,(H2,30,31). The van der Waals surface area contributed by atoms with Gasteiger partial charge in [-0.3, -0.25) is 9.69 Å². The lowest BCUT2D eigenvalue weighted by Gasteiger charge is -2.33. The number of carbonyl (C=O) groups is 1. The number of hydrogen-bond donors (Lipinski definition) is 1. The van der Waals surface area contributed by atoms with E-state index in [0.29, 0.717) is 29.8 Å². The molecule has 1 unspecified atom stereocenters. The van der Waals surface area contributed by atoms with Crippen LogP contribution in [0.4, 0.5) is 0 Å². The van der Waals surface area contributed by atoms with Crippen LogP contribution in [0.15, 0.2) is 71.7 Å². The van der Waals surface area contributed by atoms with Gasteiger partial charge in [0.15, 0.2) is 5.96 Å². The summed E-state index contributed by atoms with van der Waals surface area (Å²) in [5.74, 6) is 0.428. The molecule has 0 saturated heterocycles. The minimum atomic E-state index is -0.598. The molecule has 1 spiro atoms. The number of carbonyl (C=O) groups excluding carboxylic acids is 1. The second-order valence-corrected chi connectivity index (χ2v) is 9.03. The predicted molar refractivity (Wildman–Crippen MR) is 132 cm³/mol. The van der Waals surface area contributed by atoms with Crippen molar-refractivity contribution in [2.45, 2.75) is 31.3 Å². The molecule has 2 aliphatic rings. The highest BCUT2D eigenvalue weighted by Crippen LogP contribution is 2.36. The van der Waals surface area contributed by atoms with Crippen molar-refractivity contribution < 1.29 is 9.53 Å². The van der Waals surface area contributed by atoms with Gasteiger partial charge in [0.2, 0.25) is 0 Å². The highest BCUT2D eigenvalue weighted by molar-refractivity contribution is 6.07. The average molecular weight is 451 g/mol. The molecule has 1 atom stereocenters. The number of rotatable bonds is 1. The van der Waals surface area contributed by atoms with E-state index in [0.717, 1.165) is 30.4 Å². The number of benzene rings is 3. The fourth-order valence-electron chi connectivity index (χ4n) is 4.85. The number of nitrogens with zero attached hydrogens (tertiary/aromatic N) is 3. The van der Waals surface area contributed by atoms with Crippen LogP contribution in [0.3, 0.4) is 0 Å². The van der Waals surface area contributed by atoms with Gasteiger partial charge >= 0.3 is 0 Å². The number of guanidine groups is 1. The molecule has 0 radical (unpaired) electrons. The smallest absolute Gasteiger partial charge is 0.264 e. The van der Waals surface area contributed by atoms with Crippen LogP contribution >= 0.6 is 0 Å². The molecular formula is C28H26N4O2. The Labute approximate surface area is 199 Å². The first-order valence-electron chi connectivity index (χ1n) is 11.5. The van der Waals surface area contributed by atoms with Crippen LogP contribution in [0, 0.1) is 11.3 Å². The predicted octanol–water partition coefficient (Wildman–Crippen LogP) is 4.32. The molecule has 1 heterocycles. The molecule has 0 saturated carbocycles. The lowest BCUT2D eigenvalue weighted by Crippen LogP contribution is -2.42. The van der Waals surface area contributed by atoms with Crippen LogP contribution in [-0.4, -0.2) is 36.0 Å². The topological polar surface area (TPSA) is 91.7 Å². The molecule has 1 amide bonds. The van der Waals surface area contributed by atoms with Crippen molar-refractivity contribution >= 4 is 11.9 Å². The van der Waals surface area contributed by atoms with Crippen molar-refractivity contribution in [2.24, 2.45) is 10.7 Å². The molecule has 0 bridgehead atoms. The highest BCUT2D eigenvalue weighted by atomic mass is 16.5. The number of fused-ring (bicyclic) bond motifs is 2. The Hall–Kier alpha value is -4.11. The van der Waals surface area contributed by atoms with E-state index in [2.05, 4.69) is 35.3 Å². The van der Waals surface area contributed by atoms with Gasteiger partial charge in [0, 0.05) is 13.5 Å². The van der Waals surface area contributed by atoms with E-state index in [9.17, 15) is 10.1 Å². The van der Waals surface area contributed by atoms with Crippen LogP contribution in [0.1, 0.15) is 39.9 Å². The summed E-state index contributed by atoms with van der Waals surface area (Å²) in [6.07, 6.45) is 3.45. The molecule has 0 aromatic heterocycles. The zero-order valence-electron chi connectivity index (χ0n) is 19.1. The molecule has 6 nitrogen and oxygen atoms in total. The summed E-state index contributed by atoms with van der Waals surface area (Å²) >= 11 is 0. The molecule has 0 fully saturated rings. The van der Waals surface area contributed by atoms with E-state index in [1.54, 1.807) is 13.1 Å². The Kier molecular flexibility index (Phi) is 5.54. The van der Waals surface area contributed by atoms with Crippen LogP contribution in [0.25, 0.3) is 11.1 Å². The first-order chi connectivity index (χ1) is 16.5. The highest BCUT2D eigenvalue weighted by Gasteiger charge is 2.37. The molecule has 6 heteroatoms. The van der Waals surface area contributed by atoms with Gasteiger partial charge in [-0.05, 0) is 65.8 Å². The van der Waals surface area contributed by atoms with E-state index >= 15 is 0 Å². The van der Waals surface area contributed by atoms with E-state index in [4.69, 9.17) is 10.5 Å². The van der Waals surface area contributed by atoms with Gasteiger partial charge in [-0.15, -0.1) is 0 Å². The zero-order valence-corrected chi connectivity index (χ0v) is 19.1. The number of aryl methyl sites for hydroxylation is 1. The quantitative estimate of drug-likeness (QED) is 0.598. The Morgan fingerprint density at radius 1 is 1.06 bits per heavy atom. The van der Waals surface area contributed by atoms with Gasteiger partial charge in [0.1, 0.15) is 11.4 Å². The van der Waals surface area contributed by atoms with Crippen LogP contribution in [0.2, 0.25) is 0 Å². The molecule has 2 N–H and O–H groups in total. The van der Waals surface area contributed by atoms with Gasteiger partial charge < -0.3 is 10.5 Å². The number of ether oxygens (including phenoxy) is 1. The van der Waals surface area contributed by atoms with Gasteiger partial charge in [-0.1, -0.05) is 42.5 Å². The lowest BCUT2D eigenvalue weighted by molar-refractivity contribution is 0.0675. The number of amides is 1. The second kappa shape index (κ2) is 8.68. The third-order valence-electron chi connectivity index (χ3n) is 6.75. The Bertz CT molecular complexity index is 1340. The van der Waals surface area contributed by atoms with Crippen molar-refractivity contribution in [1.82, 2.24) is 4.90 Å². The minimum Gasteiger partial charge on any atom is -0.484 e. The van der Waals surface area contributed by atoms with Crippen LogP contribution in [0.5, 0.6) is 5.75 Å². The molecule has 34 heavy (non-hydrogen) atoms. The largest absolute Gasteiger partial charge is 0.484 e. The van der Waals surface area contributed by atoms with Crippen LogP contribution < -0.4 is 10.5 Å². The van der Waals surface area contributed by atoms with Gasteiger partial charge in [0.05, 0.1) is 23.7 Å². The maximum atomic E-state index is 13.4. The lowest BCUT2D eigenvalue weighted by atomic mass is 9.91. The summed E-state index contributed by atoms with van der Waals surface area (Å²) in [7, 11) is 1.63. The van der Waals surface area contributed by atoms with Gasteiger partial charge in [-0.25, -0.2) is 4.99 Å². The van der Waals surface area contributed by atoms with E-state index < -0.39 is 5.60 Å². The monoisotopic (exact) mass is 450 g/mol. The average Bonchev–Trinajstić information content (AvgIpc) is 3.04. The zero-order chi connectivity index (χ0) is 23.7. The second-order valence-electron chi connectivity index (χ2n) is 9.03. The summed E-state index contributed by atoms with van der Waals surface area (Å²) in [5.41, 5.74) is 10.9. The van der Waals surface area contributed by atoms with Crippen molar-refractivity contribution in [3.05, 3.63) is 89.0 Å². The van der Waals surface area contributed by atoms with Crippen molar-refractivity contribution in [1.29, 1.82) is 5.26 Å². The van der Waals surface area contributed by atoms with E-state index in [1.807, 2.05) is 36.4 Å². The summed E-state index contributed by atoms with van der Waals surface area (Å²) in [6, 6.07) is 23.6. The molecule has 3 aromatic carbocycles. The SMILES string of the molecule is CN1C(=O)c2cc(-c3cccc(C#N)c3)ccc2OC2(CCCc3ccccc3C2)CN=C1N. The Balaban J connectivity index is 1.62. The summed E-state index contributed by atoms with van der Waals surface area (Å²) in [4.78, 5) is 19.4. The Morgan fingerprint density at radius 2 is 1.85 bits per heavy atom. The van der Waals surface area contributed by atoms with Crippen molar-refractivity contribution in [3.63, 3.8) is 0 Å². The first-order valence-corrected chi connectivity index (χ1v) is 11.5. The van der Waals surface area contributed by atoms with E-state index in [1.165, 1.54) is 16.0 Å². The maximum Gasteiger partial charge on any atom is 0.264 e. The molecule has 5 rings (SSSR count). The fraction of sp³-hybridized carbons (Fsp3) is 0.250. The van der Waals surface area contributed by atoms with E-state index in [-0.39, 0.29) is 11.9 Å². The first kappa shape index (κ1) is 21.7. The minimum absolute atomic E-state index is 0.176. The summed E-state index contributed by atoms with van der Waals surface area (Å²) in [6.45, 7) is 0.371. The summed E-state index contributed by atoms with van der Waals surface area (Å²) in [5, 5.41) is 9.28. The molecule has 1 aliphatic heterocycles. The van der Waals surface area contributed by atoms with Gasteiger partial charge in [-0.2, -0.15) is 5.26 Å². The number of aliphatic imine (C=N–C) groups is 1. The normalized spacial score (nSPS) is 19.9. The van der Waals surface area contributed by atoms with Gasteiger partial charge in [0.25, 0.3) is 5.91 Å². The molecular weight excluding hydrogens is 424 g/mol. The number of hydrogen-bond acceptors (Lipinski definition) is 5. The Morgan fingerprint density at radius 3 is 2.68 bits per heavy atom. The third-order valence-corrected chi connectivity index (χ3v) is 6.75. The van der Waals surface area contributed by atoms with Crippen molar-refractivity contribution in [2.75, 3.05) is 13.6 Å². The number of nitriles is 1. The third kappa shape index (κ3) is 4.01. The molecule has 3 aromatic rings. The maximum absolute atomic E-state index is 13.4. The number of nitrogens with two attached hydrogens (primary N) is 1. The van der Waals surface area contributed by atoms with Crippen LogP contribution in [-0.2, 0) is 12.8 Å².